The number of benzene rings is 1. The maximum atomic E-state index is 13.0. The molecule has 0 unspecified atom stereocenters. The van der Waals surface area contributed by atoms with Crippen LogP contribution in [-0.2, 0) is 47.1 Å². The minimum Gasteiger partial charge on any atom is -0.481 e. The van der Waals surface area contributed by atoms with E-state index in [0.29, 0.717) is 37.1 Å². The van der Waals surface area contributed by atoms with Gasteiger partial charge in [-0.25, -0.2) is 9.59 Å². The molecular weight excluding hydrogens is 568 g/mol. The molecule has 1 saturated heterocycles. The van der Waals surface area contributed by atoms with Gasteiger partial charge in [0.05, 0.1) is 17.6 Å². The molecule has 14 nitrogen and oxygen atoms in total. The number of aliphatic carboxylic acids is 1. The van der Waals surface area contributed by atoms with Crippen molar-refractivity contribution in [2.24, 2.45) is 0 Å². The number of aliphatic hydroxyl groups is 4. The number of aliphatic hydroxyl groups excluding tert-OH is 3. The molecule has 43 heavy (non-hydrogen) atoms. The van der Waals surface area contributed by atoms with Crippen molar-refractivity contribution >= 4 is 23.8 Å². The predicted molar refractivity (Wildman–Crippen MR) is 144 cm³/mol. The van der Waals surface area contributed by atoms with E-state index < -0.39 is 65.3 Å². The van der Waals surface area contributed by atoms with E-state index in [4.69, 9.17) is 19.3 Å². The molecule has 5 rings (SSSR count). The number of amides is 1. The van der Waals surface area contributed by atoms with Crippen molar-refractivity contribution in [3.8, 4) is 5.75 Å². The van der Waals surface area contributed by atoms with Crippen LogP contribution in [-0.4, -0.2) is 110 Å². The summed E-state index contributed by atoms with van der Waals surface area (Å²) in [6, 6.07) is 2.14. The number of nitrogens with one attached hydrogen (secondary N) is 1. The monoisotopic (exact) mass is 604 g/mol. The van der Waals surface area contributed by atoms with Gasteiger partial charge in [-0.3, -0.25) is 9.59 Å². The Balaban J connectivity index is 1.36. The average molecular weight is 605 g/mol. The smallest absolute Gasteiger partial charge is 0.343 e. The van der Waals surface area contributed by atoms with Crippen LogP contribution in [0.5, 0.6) is 5.75 Å². The molecule has 1 aromatic rings. The zero-order valence-electron chi connectivity index (χ0n) is 24.0. The van der Waals surface area contributed by atoms with Crippen molar-refractivity contribution in [1.29, 1.82) is 0 Å². The maximum Gasteiger partial charge on any atom is 0.343 e. The highest BCUT2D eigenvalue weighted by atomic mass is 16.6. The van der Waals surface area contributed by atoms with Crippen LogP contribution in [0.1, 0.15) is 49.8 Å². The number of nitrogens with zero attached hydrogens (tertiary/aromatic N) is 1. The zero-order valence-corrected chi connectivity index (χ0v) is 24.0. The SMILES string of the molecule is C[C@H](NC(=O)[C@H](C)OC(=O)[C@H](O)[C@@H](O)C(=O)OC1=CC[C@@]2(O)[C@H]3Cc4ccc(CO)c5c4[C@@]2(CCCN3C)[C@H]1O5)C(=O)O. The van der Waals surface area contributed by atoms with Crippen LogP contribution in [0.25, 0.3) is 0 Å². The first kappa shape index (κ1) is 30.9. The first-order chi connectivity index (χ1) is 20.3. The number of carbonyl (C=O) groups is 4. The predicted octanol–water partition coefficient (Wildman–Crippen LogP) is -1.37. The molecule has 8 atom stereocenters. The summed E-state index contributed by atoms with van der Waals surface area (Å²) < 4.78 is 16.7. The van der Waals surface area contributed by atoms with Crippen LogP contribution in [0.4, 0.5) is 0 Å². The second-order valence-corrected chi connectivity index (χ2v) is 11.7. The number of rotatable bonds is 9. The van der Waals surface area contributed by atoms with Crippen molar-refractivity contribution in [3.63, 3.8) is 0 Å². The standard InChI is InChI=1S/C29H36N2O12/c1-13(25(36)37)30-24(35)14(2)41-26(38)20(33)21(34)27(39)42-17-7-9-29(40)18-11-15-5-6-16(12-32)22-19(15)28(29,23(17)43-22)8-4-10-31(18)3/h5-7,13-14,18,20-21,23,32-34,40H,4,8-12H2,1-3H3,(H,30,35)(H,36,37)/t13-,14-,18+,20+,21+,23-,28-,29+/m0/s1. The van der Waals surface area contributed by atoms with E-state index in [1.807, 2.05) is 13.1 Å². The number of likely N-dealkylation sites (N-methyl/N-ethyl adjacent to an activating group) is 1. The van der Waals surface area contributed by atoms with E-state index in [-0.39, 0.29) is 24.8 Å². The van der Waals surface area contributed by atoms with Gasteiger partial charge in [-0.2, -0.15) is 0 Å². The first-order valence-corrected chi connectivity index (χ1v) is 14.1. The number of esters is 2. The van der Waals surface area contributed by atoms with Crippen LogP contribution in [0.3, 0.4) is 0 Å². The summed E-state index contributed by atoms with van der Waals surface area (Å²) in [5.41, 5.74) is -0.0878. The highest BCUT2D eigenvalue weighted by Crippen LogP contribution is 2.64. The zero-order chi connectivity index (χ0) is 31.4. The van der Waals surface area contributed by atoms with Gasteiger partial charge in [-0.1, -0.05) is 12.1 Å². The summed E-state index contributed by atoms with van der Waals surface area (Å²) >= 11 is 0. The van der Waals surface area contributed by atoms with E-state index in [0.717, 1.165) is 18.1 Å². The summed E-state index contributed by atoms with van der Waals surface area (Å²) in [6.45, 7) is 2.72. The Labute approximate surface area is 246 Å². The van der Waals surface area contributed by atoms with Crippen molar-refractivity contribution in [2.45, 2.75) is 93.7 Å². The number of carboxylic acids is 1. The number of carbonyl (C=O) groups excluding carboxylic acids is 3. The number of hydrogen-bond acceptors (Lipinski definition) is 12. The maximum absolute atomic E-state index is 13.0. The second kappa shape index (κ2) is 11.2. The third-order valence-electron chi connectivity index (χ3n) is 9.24. The molecule has 4 aliphatic rings. The number of likely N-dealkylation sites (tertiary alicyclic amines) is 1. The highest BCUT2D eigenvalue weighted by molar-refractivity contribution is 5.90. The Morgan fingerprint density at radius 2 is 1.86 bits per heavy atom. The first-order valence-electron chi connectivity index (χ1n) is 14.1. The second-order valence-electron chi connectivity index (χ2n) is 11.7. The van der Waals surface area contributed by atoms with Gasteiger partial charge in [0.1, 0.15) is 17.6 Å². The lowest BCUT2D eigenvalue weighted by atomic mass is 9.52. The normalized spacial score (nSPS) is 29.9. The molecule has 1 spiro atoms. The topological polar surface area (TPSA) is 212 Å². The molecule has 1 aromatic carbocycles. The Morgan fingerprint density at radius 3 is 2.53 bits per heavy atom. The molecular formula is C29H36N2O12. The van der Waals surface area contributed by atoms with Crippen LogP contribution >= 0.6 is 0 Å². The van der Waals surface area contributed by atoms with Crippen LogP contribution < -0.4 is 10.1 Å². The Bertz CT molecular complexity index is 1380. The largest absolute Gasteiger partial charge is 0.481 e. The molecule has 234 valence electrons. The Hall–Kier alpha value is -3.56. The summed E-state index contributed by atoms with van der Waals surface area (Å²) in [4.78, 5) is 50.6. The molecule has 1 amide bonds. The molecule has 1 fully saturated rings. The number of ether oxygens (including phenoxy) is 3. The summed E-state index contributed by atoms with van der Waals surface area (Å²) in [5, 5.41) is 54.3. The van der Waals surface area contributed by atoms with Crippen molar-refractivity contribution in [2.75, 3.05) is 13.6 Å². The van der Waals surface area contributed by atoms with E-state index in [9.17, 15) is 39.6 Å². The molecule has 0 aromatic heterocycles. The van der Waals surface area contributed by atoms with Crippen molar-refractivity contribution < 1.29 is 58.9 Å². The minimum atomic E-state index is -2.43. The van der Waals surface area contributed by atoms with E-state index in [2.05, 4.69) is 10.2 Å². The van der Waals surface area contributed by atoms with Crippen molar-refractivity contribution in [3.05, 3.63) is 40.7 Å². The van der Waals surface area contributed by atoms with Gasteiger partial charge in [0.2, 0.25) is 0 Å². The van der Waals surface area contributed by atoms with Gasteiger partial charge >= 0.3 is 17.9 Å². The molecule has 14 heteroatoms. The molecule has 0 saturated carbocycles. The van der Waals surface area contributed by atoms with Crippen LogP contribution in [0.2, 0.25) is 0 Å². The molecule has 2 bridgehead atoms. The van der Waals surface area contributed by atoms with E-state index in [1.165, 1.54) is 13.0 Å². The Morgan fingerprint density at radius 1 is 1.16 bits per heavy atom. The summed E-state index contributed by atoms with van der Waals surface area (Å²) in [6.07, 6.45) is -4.05. The molecule has 2 aliphatic carbocycles. The molecule has 0 radical (unpaired) electrons. The van der Waals surface area contributed by atoms with Gasteiger partial charge < -0.3 is 50.0 Å². The third kappa shape index (κ3) is 4.77. The fourth-order valence-corrected chi connectivity index (χ4v) is 7.01. The van der Waals surface area contributed by atoms with Gasteiger partial charge in [0.15, 0.2) is 24.4 Å². The lowest BCUT2D eigenvalue weighted by Crippen LogP contribution is -2.69. The lowest BCUT2D eigenvalue weighted by Gasteiger charge is -2.56. The van der Waals surface area contributed by atoms with E-state index in [1.54, 1.807) is 6.07 Å². The minimum absolute atomic E-state index is 0.0130. The number of carboxylic acid groups (broad SMARTS) is 1. The highest BCUT2D eigenvalue weighted by Gasteiger charge is 2.70. The molecule has 2 heterocycles. The van der Waals surface area contributed by atoms with Crippen LogP contribution in [0, 0.1) is 0 Å². The van der Waals surface area contributed by atoms with Gasteiger partial charge in [0, 0.05) is 23.6 Å². The van der Waals surface area contributed by atoms with Gasteiger partial charge in [0.25, 0.3) is 5.91 Å². The summed E-state index contributed by atoms with van der Waals surface area (Å²) in [7, 11) is 1.95. The third-order valence-corrected chi connectivity index (χ3v) is 9.24. The molecule has 6 N–H and O–H groups in total. The van der Waals surface area contributed by atoms with E-state index >= 15 is 0 Å². The Kier molecular flexibility index (Phi) is 8.03. The fraction of sp³-hybridized carbons (Fsp3) is 0.586. The quantitative estimate of drug-likeness (QED) is 0.180. The van der Waals surface area contributed by atoms with Crippen LogP contribution in [0.15, 0.2) is 24.0 Å². The lowest BCUT2D eigenvalue weighted by molar-refractivity contribution is -0.177. The van der Waals surface area contributed by atoms with Crippen molar-refractivity contribution in [1.82, 2.24) is 10.2 Å². The average Bonchev–Trinajstić information content (AvgIpc) is 3.31. The molecule has 2 aliphatic heterocycles. The fourth-order valence-electron chi connectivity index (χ4n) is 7.01. The summed E-state index contributed by atoms with van der Waals surface area (Å²) in [5.74, 6) is -4.78. The van der Waals surface area contributed by atoms with Gasteiger partial charge in [-0.15, -0.1) is 0 Å². The van der Waals surface area contributed by atoms with Gasteiger partial charge in [-0.05, 0) is 58.3 Å². The number of hydrogen-bond donors (Lipinski definition) is 6.